The molecule has 0 amide bonds. The molecule has 3 heteroatoms. The van der Waals surface area contributed by atoms with Crippen molar-refractivity contribution in [3.8, 4) is 0 Å². The van der Waals surface area contributed by atoms with E-state index >= 15 is 0 Å². The van der Waals surface area contributed by atoms with Gasteiger partial charge in [-0.2, -0.15) is 0 Å². The van der Waals surface area contributed by atoms with Crippen LogP contribution in [0.15, 0.2) is 17.5 Å². The normalized spacial score (nSPS) is 29.4. The van der Waals surface area contributed by atoms with E-state index in [2.05, 4.69) is 22.8 Å². The summed E-state index contributed by atoms with van der Waals surface area (Å²) in [4.78, 5) is 1.38. The number of thiophene rings is 1. The summed E-state index contributed by atoms with van der Waals surface area (Å²) in [5.74, 6) is 0.420. The summed E-state index contributed by atoms with van der Waals surface area (Å²) in [5.41, 5.74) is 0. The Bertz CT molecular complexity index is 235. The second-order valence-electron chi connectivity index (χ2n) is 3.27. The van der Waals surface area contributed by atoms with Crippen molar-refractivity contribution in [3.05, 3.63) is 22.4 Å². The Balaban J connectivity index is 1.95. The highest BCUT2D eigenvalue weighted by Crippen LogP contribution is 2.18. The van der Waals surface area contributed by atoms with Crippen LogP contribution in [-0.2, 0) is 6.42 Å². The van der Waals surface area contributed by atoms with E-state index in [1.165, 1.54) is 4.88 Å². The smallest absolute Gasteiger partial charge is 0.0708 e. The van der Waals surface area contributed by atoms with E-state index in [4.69, 9.17) is 0 Å². The summed E-state index contributed by atoms with van der Waals surface area (Å²) in [6.07, 6.45) is 0.873. The highest BCUT2D eigenvalue weighted by atomic mass is 32.1. The van der Waals surface area contributed by atoms with Crippen molar-refractivity contribution >= 4 is 11.3 Å². The molecule has 66 valence electrons. The molecule has 2 nitrogen and oxygen atoms in total. The quantitative estimate of drug-likeness (QED) is 0.713. The monoisotopic (exact) mass is 183 g/mol. The highest BCUT2D eigenvalue weighted by molar-refractivity contribution is 7.09. The standard InChI is InChI=1S/C9H13NOS/c11-9-6-10-5-7(9)4-8-2-1-3-12-8/h1-3,7,9-11H,4-6H2/t7-,9-/m1/s1. The first-order chi connectivity index (χ1) is 5.86. The lowest BCUT2D eigenvalue weighted by Crippen LogP contribution is -2.19. The fraction of sp³-hybridized carbons (Fsp3) is 0.556. The lowest BCUT2D eigenvalue weighted by molar-refractivity contribution is 0.148. The molecule has 2 N–H and O–H groups in total. The molecule has 0 bridgehead atoms. The SMILES string of the molecule is O[C@@H]1CNC[C@H]1Cc1cccs1. The van der Waals surface area contributed by atoms with Gasteiger partial charge in [0.15, 0.2) is 0 Å². The first-order valence-corrected chi connectivity index (χ1v) is 5.15. The summed E-state index contributed by atoms with van der Waals surface area (Å²) in [5, 5.41) is 14.8. The van der Waals surface area contributed by atoms with Crippen molar-refractivity contribution in [2.45, 2.75) is 12.5 Å². The van der Waals surface area contributed by atoms with Gasteiger partial charge in [0, 0.05) is 23.9 Å². The fourth-order valence-electron chi connectivity index (χ4n) is 1.61. The largest absolute Gasteiger partial charge is 0.391 e. The van der Waals surface area contributed by atoms with Gasteiger partial charge >= 0.3 is 0 Å². The molecule has 0 aliphatic carbocycles. The molecule has 1 aliphatic heterocycles. The van der Waals surface area contributed by atoms with Crippen molar-refractivity contribution in [2.75, 3.05) is 13.1 Å². The zero-order valence-corrected chi connectivity index (χ0v) is 7.68. The van der Waals surface area contributed by atoms with E-state index < -0.39 is 0 Å². The van der Waals surface area contributed by atoms with Crippen molar-refractivity contribution < 1.29 is 5.11 Å². The van der Waals surface area contributed by atoms with Crippen molar-refractivity contribution in [1.29, 1.82) is 0 Å². The van der Waals surface area contributed by atoms with Crippen LogP contribution in [0.5, 0.6) is 0 Å². The molecule has 2 heterocycles. The van der Waals surface area contributed by atoms with E-state index in [-0.39, 0.29) is 6.10 Å². The van der Waals surface area contributed by atoms with E-state index in [1.54, 1.807) is 11.3 Å². The minimum absolute atomic E-state index is 0.146. The van der Waals surface area contributed by atoms with Gasteiger partial charge in [-0.3, -0.25) is 0 Å². The first-order valence-electron chi connectivity index (χ1n) is 4.27. The second-order valence-corrected chi connectivity index (χ2v) is 4.30. The summed E-state index contributed by atoms with van der Waals surface area (Å²) in [6, 6.07) is 4.20. The van der Waals surface area contributed by atoms with Gasteiger partial charge in [0.05, 0.1) is 6.10 Å². The maximum atomic E-state index is 9.53. The van der Waals surface area contributed by atoms with Crippen LogP contribution in [0.3, 0.4) is 0 Å². The molecule has 1 aromatic rings. The van der Waals surface area contributed by atoms with Crippen LogP contribution in [0.2, 0.25) is 0 Å². The number of nitrogens with one attached hydrogen (secondary N) is 1. The minimum Gasteiger partial charge on any atom is -0.391 e. The number of hydrogen-bond acceptors (Lipinski definition) is 3. The first kappa shape index (κ1) is 8.23. The van der Waals surface area contributed by atoms with Gasteiger partial charge in [-0.15, -0.1) is 11.3 Å². The molecule has 12 heavy (non-hydrogen) atoms. The zero-order valence-electron chi connectivity index (χ0n) is 6.86. The Labute approximate surface area is 76.2 Å². The average Bonchev–Trinajstić information content (AvgIpc) is 2.65. The molecule has 0 radical (unpaired) electrons. The Morgan fingerprint density at radius 2 is 2.50 bits per heavy atom. The predicted octanol–water partition coefficient (Wildman–Crippen LogP) is 0.871. The van der Waals surface area contributed by atoms with Crippen LogP contribution in [0.4, 0.5) is 0 Å². The predicted molar refractivity (Wildman–Crippen MR) is 50.4 cm³/mol. The van der Waals surface area contributed by atoms with Crippen molar-refractivity contribution in [1.82, 2.24) is 5.32 Å². The molecule has 0 unspecified atom stereocenters. The van der Waals surface area contributed by atoms with E-state index in [0.717, 1.165) is 19.5 Å². The topological polar surface area (TPSA) is 32.3 Å². The lowest BCUT2D eigenvalue weighted by atomic mass is 10.0. The molecule has 1 fully saturated rings. The van der Waals surface area contributed by atoms with Gasteiger partial charge in [-0.05, 0) is 17.9 Å². The third kappa shape index (κ3) is 1.68. The lowest BCUT2D eigenvalue weighted by Gasteiger charge is -2.10. The zero-order chi connectivity index (χ0) is 8.39. The summed E-state index contributed by atoms with van der Waals surface area (Å²) in [7, 11) is 0. The van der Waals surface area contributed by atoms with E-state index in [1.807, 2.05) is 0 Å². The number of aliphatic hydroxyl groups excluding tert-OH is 1. The molecule has 1 aliphatic rings. The molecule has 2 rings (SSSR count). The molecular formula is C9H13NOS. The van der Waals surface area contributed by atoms with Gasteiger partial charge in [0.2, 0.25) is 0 Å². The Kier molecular flexibility index (Phi) is 2.44. The number of β-amino-alcohol motifs (C(OH)–C–C–N with tert-alkyl or cyclic N) is 1. The molecule has 0 aromatic carbocycles. The summed E-state index contributed by atoms with van der Waals surface area (Å²) in [6.45, 7) is 1.72. The van der Waals surface area contributed by atoms with Crippen LogP contribution in [0.1, 0.15) is 4.88 Å². The van der Waals surface area contributed by atoms with Crippen LogP contribution >= 0.6 is 11.3 Å². The molecule has 2 atom stereocenters. The minimum atomic E-state index is -0.146. The summed E-state index contributed by atoms with van der Waals surface area (Å²) < 4.78 is 0. The highest BCUT2D eigenvalue weighted by Gasteiger charge is 2.24. The maximum absolute atomic E-state index is 9.53. The fourth-order valence-corrected chi connectivity index (χ4v) is 2.41. The molecule has 0 saturated carbocycles. The Hall–Kier alpha value is -0.380. The van der Waals surface area contributed by atoms with Gasteiger partial charge in [0.1, 0.15) is 0 Å². The van der Waals surface area contributed by atoms with Gasteiger partial charge in [0.25, 0.3) is 0 Å². The molecule has 0 spiro atoms. The van der Waals surface area contributed by atoms with Gasteiger partial charge < -0.3 is 10.4 Å². The van der Waals surface area contributed by atoms with Crippen molar-refractivity contribution in [2.24, 2.45) is 5.92 Å². The van der Waals surface area contributed by atoms with Gasteiger partial charge in [-0.25, -0.2) is 0 Å². The van der Waals surface area contributed by atoms with Crippen LogP contribution in [0, 0.1) is 5.92 Å². The van der Waals surface area contributed by atoms with E-state index in [9.17, 15) is 5.11 Å². The second kappa shape index (κ2) is 3.56. The number of aliphatic hydroxyl groups is 1. The third-order valence-corrected chi connectivity index (χ3v) is 3.25. The van der Waals surface area contributed by atoms with Gasteiger partial charge in [-0.1, -0.05) is 6.07 Å². The maximum Gasteiger partial charge on any atom is 0.0708 e. The van der Waals surface area contributed by atoms with Crippen LogP contribution < -0.4 is 5.32 Å². The average molecular weight is 183 g/mol. The molecular weight excluding hydrogens is 170 g/mol. The molecule has 1 aromatic heterocycles. The van der Waals surface area contributed by atoms with Crippen LogP contribution in [-0.4, -0.2) is 24.3 Å². The Morgan fingerprint density at radius 3 is 3.08 bits per heavy atom. The summed E-state index contributed by atoms with van der Waals surface area (Å²) >= 11 is 1.77. The third-order valence-electron chi connectivity index (χ3n) is 2.35. The number of rotatable bonds is 2. The Morgan fingerprint density at radius 1 is 1.58 bits per heavy atom. The van der Waals surface area contributed by atoms with Crippen molar-refractivity contribution in [3.63, 3.8) is 0 Å². The van der Waals surface area contributed by atoms with E-state index in [0.29, 0.717) is 5.92 Å². The number of hydrogen-bond donors (Lipinski definition) is 2. The molecule has 1 saturated heterocycles. The van der Waals surface area contributed by atoms with Crippen LogP contribution in [0.25, 0.3) is 0 Å².